The van der Waals surface area contributed by atoms with Gasteiger partial charge in [0.25, 0.3) is 0 Å². The summed E-state index contributed by atoms with van der Waals surface area (Å²) in [6, 6.07) is 15.1. The topological polar surface area (TPSA) is 17.6 Å². The van der Waals surface area contributed by atoms with Crippen molar-refractivity contribution in [3.05, 3.63) is 54.3 Å². The first kappa shape index (κ1) is 9.45. The van der Waals surface area contributed by atoms with Crippen molar-refractivity contribution >= 4 is 38.3 Å². The van der Waals surface area contributed by atoms with Gasteiger partial charge in [0, 0.05) is 22.2 Å². The molecule has 2 nitrogen and oxygen atoms in total. The monoisotopic (exact) mass is 245 g/mol. The first-order chi connectivity index (χ1) is 9.34. The van der Waals surface area contributed by atoms with E-state index < -0.39 is 0 Å². The number of rotatable bonds is 0. The van der Waals surface area contributed by atoms with Crippen LogP contribution in [0.15, 0.2) is 53.1 Å². The number of aryl methyl sites for hydroxylation is 1. The maximum Gasteiger partial charge on any atom is 0.159 e. The van der Waals surface area contributed by atoms with Crippen LogP contribution in [0.2, 0.25) is 0 Å². The van der Waals surface area contributed by atoms with Gasteiger partial charge in [-0.05, 0) is 25.1 Å². The third-order valence-electron chi connectivity index (χ3n) is 4.07. The molecule has 0 bridgehead atoms. The zero-order valence-electron chi connectivity index (χ0n) is 10.5. The minimum Gasteiger partial charge on any atom is -0.462 e. The SMILES string of the molecule is Cc1ccc2c(c1)c1cccc3c4occc4n2c13. The van der Waals surface area contributed by atoms with Gasteiger partial charge in [0.2, 0.25) is 0 Å². The molecule has 0 radical (unpaired) electrons. The number of nitrogens with zero attached hydrogens (tertiary/aromatic N) is 1. The molecule has 0 aliphatic rings. The number of para-hydroxylation sites is 1. The summed E-state index contributed by atoms with van der Waals surface area (Å²) in [5, 5.41) is 3.83. The van der Waals surface area contributed by atoms with Gasteiger partial charge in [-0.1, -0.05) is 23.8 Å². The Morgan fingerprint density at radius 2 is 1.79 bits per heavy atom. The number of benzene rings is 2. The van der Waals surface area contributed by atoms with Crippen LogP contribution in [0.4, 0.5) is 0 Å². The van der Waals surface area contributed by atoms with Crippen LogP contribution in [-0.4, -0.2) is 4.40 Å². The van der Waals surface area contributed by atoms with Crippen molar-refractivity contribution in [3.63, 3.8) is 0 Å². The number of fused-ring (bicyclic) bond motifs is 6. The Bertz CT molecular complexity index is 1060. The van der Waals surface area contributed by atoms with Crippen LogP contribution in [0.3, 0.4) is 0 Å². The Hall–Kier alpha value is -2.48. The van der Waals surface area contributed by atoms with E-state index in [0.29, 0.717) is 0 Å². The molecule has 3 aromatic heterocycles. The summed E-state index contributed by atoms with van der Waals surface area (Å²) in [4.78, 5) is 0. The number of hydrogen-bond acceptors (Lipinski definition) is 1. The predicted octanol–water partition coefficient (Wildman–Crippen LogP) is 4.74. The summed E-state index contributed by atoms with van der Waals surface area (Å²) in [6.45, 7) is 2.14. The average Bonchev–Trinajstić information content (AvgIpc) is 3.06. The lowest BCUT2D eigenvalue weighted by Gasteiger charge is -1.95. The fourth-order valence-electron chi connectivity index (χ4n) is 3.30. The van der Waals surface area contributed by atoms with Gasteiger partial charge >= 0.3 is 0 Å². The quantitative estimate of drug-likeness (QED) is 0.385. The fraction of sp³-hybridized carbons (Fsp3) is 0.0588. The maximum atomic E-state index is 5.66. The van der Waals surface area contributed by atoms with Crippen LogP contribution < -0.4 is 0 Å². The molecule has 2 aromatic carbocycles. The first-order valence-electron chi connectivity index (χ1n) is 6.46. The summed E-state index contributed by atoms with van der Waals surface area (Å²) >= 11 is 0. The molecule has 0 saturated heterocycles. The van der Waals surface area contributed by atoms with Crippen LogP contribution in [0.1, 0.15) is 5.56 Å². The van der Waals surface area contributed by atoms with Gasteiger partial charge < -0.3 is 8.82 Å². The molecule has 5 aromatic rings. The molecule has 0 atom stereocenters. The fourth-order valence-corrected chi connectivity index (χ4v) is 3.30. The second-order valence-electron chi connectivity index (χ2n) is 5.19. The smallest absolute Gasteiger partial charge is 0.159 e. The van der Waals surface area contributed by atoms with Crippen molar-refractivity contribution in [1.29, 1.82) is 0 Å². The average molecular weight is 245 g/mol. The highest BCUT2D eigenvalue weighted by Gasteiger charge is 2.18. The lowest BCUT2D eigenvalue weighted by atomic mass is 10.1. The molecule has 0 N–H and O–H groups in total. The van der Waals surface area contributed by atoms with Crippen LogP contribution >= 0.6 is 0 Å². The van der Waals surface area contributed by atoms with Gasteiger partial charge in [0.15, 0.2) is 5.58 Å². The van der Waals surface area contributed by atoms with Gasteiger partial charge in [-0.3, -0.25) is 0 Å². The second-order valence-corrected chi connectivity index (χ2v) is 5.19. The zero-order chi connectivity index (χ0) is 12.6. The highest BCUT2D eigenvalue weighted by Crippen LogP contribution is 2.39. The molecule has 0 aliphatic carbocycles. The van der Waals surface area contributed by atoms with E-state index in [2.05, 4.69) is 47.7 Å². The van der Waals surface area contributed by atoms with Gasteiger partial charge in [0.1, 0.15) is 0 Å². The van der Waals surface area contributed by atoms with Crippen molar-refractivity contribution < 1.29 is 4.42 Å². The van der Waals surface area contributed by atoms with Crippen molar-refractivity contribution in [2.24, 2.45) is 0 Å². The standard InChI is InChI=1S/C17H11NO/c1-10-5-6-14-13(9-10)11-3-2-4-12-16(11)18(14)15-7-8-19-17(12)15/h2-9H,1H3. The van der Waals surface area contributed by atoms with E-state index in [9.17, 15) is 0 Å². The van der Waals surface area contributed by atoms with Crippen molar-refractivity contribution in [2.45, 2.75) is 6.92 Å². The molecule has 3 heterocycles. The van der Waals surface area contributed by atoms with Crippen LogP contribution in [0.5, 0.6) is 0 Å². The summed E-state index contributed by atoms with van der Waals surface area (Å²) in [6.07, 6.45) is 1.77. The van der Waals surface area contributed by atoms with Crippen LogP contribution in [-0.2, 0) is 0 Å². The second kappa shape index (κ2) is 2.91. The van der Waals surface area contributed by atoms with E-state index in [1.165, 1.54) is 32.8 Å². The molecule has 90 valence electrons. The summed E-state index contributed by atoms with van der Waals surface area (Å²) in [7, 11) is 0. The Morgan fingerprint density at radius 1 is 0.895 bits per heavy atom. The Morgan fingerprint density at radius 3 is 2.74 bits per heavy atom. The van der Waals surface area contributed by atoms with Gasteiger partial charge in [-0.25, -0.2) is 0 Å². The van der Waals surface area contributed by atoms with Gasteiger partial charge in [0.05, 0.1) is 22.8 Å². The largest absolute Gasteiger partial charge is 0.462 e. The summed E-state index contributed by atoms with van der Waals surface area (Å²) in [5.74, 6) is 0. The molecule has 5 rings (SSSR count). The minimum atomic E-state index is 0.989. The zero-order valence-corrected chi connectivity index (χ0v) is 10.5. The summed E-state index contributed by atoms with van der Waals surface area (Å²) in [5.41, 5.74) is 5.98. The highest BCUT2D eigenvalue weighted by atomic mass is 16.3. The predicted molar refractivity (Wildman–Crippen MR) is 78.1 cm³/mol. The van der Waals surface area contributed by atoms with E-state index in [1.54, 1.807) is 6.26 Å². The van der Waals surface area contributed by atoms with E-state index in [0.717, 1.165) is 11.1 Å². The molecule has 0 amide bonds. The molecule has 2 heteroatoms. The molecule has 0 aliphatic heterocycles. The first-order valence-corrected chi connectivity index (χ1v) is 6.46. The number of aromatic nitrogens is 1. The van der Waals surface area contributed by atoms with Crippen molar-refractivity contribution in [1.82, 2.24) is 4.40 Å². The number of hydrogen-bond donors (Lipinski definition) is 0. The molecular formula is C17H11NO. The van der Waals surface area contributed by atoms with E-state index in [1.807, 2.05) is 6.07 Å². The number of furan rings is 1. The van der Waals surface area contributed by atoms with E-state index in [-0.39, 0.29) is 0 Å². The Labute approximate surface area is 109 Å². The molecule has 0 fully saturated rings. The maximum absolute atomic E-state index is 5.66. The molecule has 0 spiro atoms. The van der Waals surface area contributed by atoms with Crippen LogP contribution in [0, 0.1) is 6.92 Å². The molecular weight excluding hydrogens is 234 g/mol. The van der Waals surface area contributed by atoms with Gasteiger partial charge in [-0.15, -0.1) is 0 Å². The Balaban J connectivity index is 2.29. The molecule has 0 saturated carbocycles. The van der Waals surface area contributed by atoms with E-state index in [4.69, 9.17) is 4.42 Å². The van der Waals surface area contributed by atoms with Gasteiger partial charge in [-0.2, -0.15) is 0 Å². The summed E-state index contributed by atoms with van der Waals surface area (Å²) < 4.78 is 7.98. The molecule has 0 unspecified atom stereocenters. The van der Waals surface area contributed by atoms with Crippen molar-refractivity contribution in [2.75, 3.05) is 0 Å². The lowest BCUT2D eigenvalue weighted by molar-refractivity contribution is 0.619. The lowest BCUT2D eigenvalue weighted by Crippen LogP contribution is -1.78. The van der Waals surface area contributed by atoms with E-state index >= 15 is 0 Å². The third-order valence-corrected chi connectivity index (χ3v) is 4.07. The normalized spacial score (nSPS) is 12.5. The highest BCUT2D eigenvalue weighted by molar-refractivity contribution is 6.21. The van der Waals surface area contributed by atoms with Crippen LogP contribution in [0.25, 0.3) is 38.3 Å². The molecule has 19 heavy (non-hydrogen) atoms. The third kappa shape index (κ3) is 0.954. The Kier molecular flexibility index (Phi) is 1.45. The minimum absolute atomic E-state index is 0.989. The van der Waals surface area contributed by atoms with Crippen molar-refractivity contribution in [3.8, 4) is 0 Å².